The monoisotopic (exact) mass is 351 g/mol. The first-order chi connectivity index (χ1) is 12.5. The van der Waals surface area contributed by atoms with E-state index in [2.05, 4.69) is 45.1 Å². The van der Waals surface area contributed by atoms with E-state index in [1.165, 1.54) is 13.1 Å². The van der Waals surface area contributed by atoms with Crippen LogP contribution in [0.1, 0.15) is 13.8 Å². The highest BCUT2D eigenvalue weighted by molar-refractivity contribution is 5.95. The number of nitrogens with zero attached hydrogens (tertiary/aromatic N) is 4. The van der Waals surface area contributed by atoms with E-state index in [-0.39, 0.29) is 6.03 Å². The summed E-state index contributed by atoms with van der Waals surface area (Å²) in [7, 11) is 2.17. The van der Waals surface area contributed by atoms with E-state index in [0.717, 1.165) is 29.8 Å². The van der Waals surface area contributed by atoms with Gasteiger partial charge in [0.2, 0.25) is 0 Å². The van der Waals surface area contributed by atoms with Crippen molar-refractivity contribution in [1.29, 1.82) is 0 Å². The Hall–Kier alpha value is -2.52. The Bertz CT molecular complexity index is 890. The van der Waals surface area contributed by atoms with Crippen molar-refractivity contribution < 1.29 is 4.79 Å². The lowest BCUT2D eigenvalue weighted by atomic mass is 9.73. The fourth-order valence-corrected chi connectivity index (χ4v) is 4.13. The largest absolute Gasteiger partial charge is 0.368 e. The average Bonchev–Trinajstić information content (AvgIpc) is 2.97. The van der Waals surface area contributed by atoms with Crippen LogP contribution in [0.3, 0.4) is 0 Å². The van der Waals surface area contributed by atoms with Crippen LogP contribution >= 0.6 is 0 Å². The van der Waals surface area contributed by atoms with Crippen LogP contribution in [0.5, 0.6) is 0 Å². The highest BCUT2D eigenvalue weighted by Gasteiger charge is 2.50. The maximum Gasteiger partial charge on any atom is 0.328 e. The Morgan fingerprint density at radius 2 is 2.08 bits per heavy atom. The van der Waals surface area contributed by atoms with Crippen molar-refractivity contribution in [3.8, 4) is 11.8 Å². The maximum atomic E-state index is 12.4. The van der Waals surface area contributed by atoms with Gasteiger partial charge in [0.15, 0.2) is 0 Å². The number of likely N-dealkylation sites (tertiary alicyclic amines) is 1. The molecule has 4 rings (SSSR count). The van der Waals surface area contributed by atoms with Gasteiger partial charge in [0.1, 0.15) is 11.8 Å². The van der Waals surface area contributed by atoms with Gasteiger partial charge in [-0.2, -0.15) is 0 Å². The second-order valence-electron chi connectivity index (χ2n) is 7.92. The zero-order chi connectivity index (χ0) is 18.3. The normalized spacial score (nSPS) is 18.4. The number of hydrogen-bond acceptors (Lipinski definition) is 4. The van der Waals surface area contributed by atoms with Crippen molar-refractivity contribution in [3.63, 3.8) is 0 Å². The number of amides is 1. The molecule has 1 aromatic heterocycles. The second kappa shape index (κ2) is 6.33. The molecule has 2 aromatic rings. The number of benzene rings is 1. The van der Waals surface area contributed by atoms with Crippen LogP contribution in [0, 0.1) is 23.2 Å². The lowest BCUT2D eigenvalue weighted by Crippen LogP contribution is -2.71. The molecular formula is C20H25N5O. The fourth-order valence-electron chi connectivity index (χ4n) is 4.13. The summed E-state index contributed by atoms with van der Waals surface area (Å²) in [5.41, 5.74) is 3.31. The Morgan fingerprint density at radius 1 is 1.31 bits per heavy atom. The molecule has 2 aliphatic heterocycles. The minimum atomic E-state index is -0.191. The van der Waals surface area contributed by atoms with Crippen molar-refractivity contribution in [2.75, 3.05) is 44.7 Å². The van der Waals surface area contributed by atoms with E-state index in [9.17, 15) is 4.79 Å². The summed E-state index contributed by atoms with van der Waals surface area (Å²) in [5.74, 6) is 6.32. The lowest BCUT2D eigenvalue weighted by Gasteiger charge is -2.60. The number of carbonyl (C=O) groups is 1. The van der Waals surface area contributed by atoms with Gasteiger partial charge < -0.3 is 15.1 Å². The molecule has 0 saturated carbocycles. The quantitative estimate of drug-likeness (QED) is 0.841. The molecule has 2 fully saturated rings. The van der Waals surface area contributed by atoms with Crippen LogP contribution in [-0.2, 0) is 0 Å². The van der Waals surface area contributed by atoms with E-state index in [0.29, 0.717) is 17.9 Å². The third kappa shape index (κ3) is 2.93. The molecule has 0 aliphatic carbocycles. The van der Waals surface area contributed by atoms with E-state index in [1.807, 2.05) is 26.0 Å². The van der Waals surface area contributed by atoms with E-state index in [1.54, 1.807) is 10.9 Å². The van der Waals surface area contributed by atoms with Gasteiger partial charge in [-0.05, 0) is 19.2 Å². The molecule has 0 atom stereocenters. The Labute approximate surface area is 154 Å². The van der Waals surface area contributed by atoms with E-state index < -0.39 is 0 Å². The standard InChI is InChI=1S/C20H25N5O/c1-15(2)6-5-9-21-19(26)25-14-22-18-16(7-4-8-17(18)25)24-12-20(13-24)10-23(3)11-20/h4,7-8,14-15H,9-13H2,1-3H3,(H,21,26). The molecule has 1 aromatic carbocycles. The van der Waals surface area contributed by atoms with Gasteiger partial charge >= 0.3 is 6.03 Å². The number of anilines is 1. The molecule has 2 saturated heterocycles. The van der Waals surface area contributed by atoms with Crippen molar-refractivity contribution in [3.05, 3.63) is 24.5 Å². The van der Waals surface area contributed by atoms with Crippen LogP contribution in [-0.4, -0.2) is 60.3 Å². The van der Waals surface area contributed by atoms with Crippen molar-refractivity contribution in [1.82, 2.24) is 19.8 Å². The molecule has 0 unspecified atom stereocenters. The minimum absolute atomic E-state index is 0.191. The first-order valence-corrected chi connectivity index (χ1v) is 9.14. The molecular weight excluding hydrogens is 326 g/mol. The average molecular weight is 351 g/mol. The number of hydrogen-bond donors (Lipinski definition) is 1. The highest BCUT2D eigenvalue weighted by Crippen LogP contribution is 2.42. The smallest absolute Gasteiger partial charge is 0.328 e. The van der Waals surface area contributed by atoms with Gasteiger partial charge in [-0.1, -0.05) is 31.8 Å². The zero-order valence-corrected chi connectivity index (χ0v) is 15.6. The van der Waals surface area contributed by atoms with Crippen LogP contribution in [0.2, 0.25) is 0 Å². The number of rotatable bonds is 2. The molecule has 2 aliphatic rings. The SMILES string of the molecule is CC(C)C#CCNC(=O)n1cnc2c(N3CC4(CN(C)C4)C3)cccc21. The van der Waals surface area contributed by atoms with E-state index in [4.69, 9.17) is 0 Å². The van der Waals surface area contributed by atoms with Gasteiger partial charge in [0, 0.05) is 37.5 Å². The van der Waals surface area contributed by atoms with Crippen LogP contribution in [0.4, 0.5) is 10.5 Å². The minimum Gasteiger partial charge on any atom is -0.368 e. The third-order valence-corrected chi connectivity index (χ3v) is 5.10. The molecule has 26 heavy (non-hydrogen) atoms. The summed E-state index contributed by atoms with van der Waals surface area (Å²) < 4.78 is 1.57. The zero-order valence-electron chi connectivity index (χ0n) is 15.6. The second-order valence-corrected chi connectivity index (χ2v) is 7.92. The number of aromatic nitrogens is 2. The van der Waals surface area contributed by atoms with Crippen molar-refractivity contribution in [2.24, 2.45) is 11.3 Å². The summed E-state index contributed by atoms with van der Waals surface area (Å²) in [4.78, 5) is 21.7. The molecule has 1 amide bonds. The molecule has 136 valence electrons. The number of carbonyl (C=O) groups excluding carboxylic acids is 1. The van der Waals surface area contributed by atoms with Crippen LogP contribution < -0.4 is 10.2 Å². The molecule has 1 spiro atoms. The van der Waals surface area contributed by atoms with Gasteiger partial charge in [-0.3, -0.25) is 4.57 Å². The number of para-hydroxylation sites is 1. The number of imidazole rings is 1. The molecule has 1 N–H and O–H groups in total. The van der Waals surface area contributed by atoms with Crippen LogP contribution in [0.15, 0.2) is 24.5 Å². The fraction of sp³-hybridized carbons (Fsp3) is 0.500. The van der Waals surface area contributed by atoms with E-state index >= 15 is 0 Å². The maximum absolute atomic E-state index is 12.4. The first-order valence-electron chi connectivity index (χ1n) is 9.14. The molecule has 6 nitrogen and oxygen atoms in total. The van der Waals surface area contributed by atoms with Crippen molar-refractivity contribution >= 4 is 22.8 Å². The predicted octanol–water partition coefficient (Wildman–Crippen LogP) is 2.01. The molecule has 0 radical (unpaired) electrons. The molecule has 3 heterocycles. The van der Waals surface area contributed by atoms with Gasteiger partial charge in [0.05, 0.1) is 17.7 Å². The first kappa shape index (κ1) is 16.9. The van der Waals surface area contributed by atoms with Gasteiger partial charge in [0.25, 0.3) is 0 Å². The van der Waals surface area contributed by atoms with Gasteiger partial charge in [-0.15, -0.1) is 0 Å². The summed E-state index contributed by atoms with van der Waals surface area (Å²) in [6.45, 7) is 8.89. The van der Waals surface area contributed by atoms with Crippen LogP contribution in [0.25, 0.3) is 11.0 Å². The predicted molar refractivity (Wildman–Crippen MR) is 103 cm³/mol. The summed E-state index contributed by atoms with van der Waals surface area (Å²) in [6.07, 6.45) is 1.60. The summed E-state index contributed by atoms with van der Waals surface area (Å²) in [6, 6.07) is 5.85. The summed E-state index contributed by atoms with van der Waals surface area (Å²) >= 11 is 0. The number of fused-ring (bicyclic) bond motifs is 1. The van der Waals surface area contributed by atoms with Gasteiger partial charge in [-0.25, -0.2) is 9.78 Å². The third-order valence-electron chi connectivity index (χ3n) is 5.10. The highest BCUT2D eigenvalue weighted by atomic mass is 16.2. The van der Waals surface area contributed by atoms with Crippen molar-refractivity contribution in [2.45, 2.75) is 13.8 Å². The topological polar surface area (TPSA) is 53.4 Å². The Kier molecular flexibility index (Phi) is 4.12. The Morgan fingerprint density at radius 3 is 2.77 bits per heavy atom. The molecule has 6 heteroatoms. The lowest BCUT2D eigenvalue weighted by molar-refractivity contribution is -0.00226. The molecule has 0 bridgehead atoms. The number of nitrogens with one attached hydrogen (secondary N) is 1. The Balaban J connectivity index is 1.49. The summed E-state index contributed by atoms with van der Waals surface area (Å²) in [5, 5.41) is 2.84.